The molecule has 0 unspecified atom stereocenters. The Kier molecular flexibility index (Phi) is 7.28. The Morgan fingerprint density at radius 3 is 2.24 bits per heavy atom. The van der Waals surface area contributed by atoms with Gasteiger partial charge in [-0.3, -0.25) is 0 Å². The summed E-state index contributed by atoms with van der Waals surface area (Å²) in [6.45, 7) is 4.25. The van der Waals surface area contributed by atoms with E-state index in [-0.39, 0.29) is 5.70 Å². The highest BCUT2D eigenvalue weighted by molar-refractivity contribution is 14.1. The van der Waals surface area contributed by atoms with Gasteiger partial charge in [-0.15, -0.1) is 0 Å². The van der Waals surface area contributed by atoms with Crippen LogP contribution in [-0.4, -0.2) is 17.8 Å². The molecule has 0 bridgehead atoms. The first-order valence-corrected chi connectivity index (χ1v) is 12.4. The summed E-state index contributed by atoms with van der Waals surface area (Å²) < 4.78 is 12.5. The predicted octanol–water partition coefficient (Wildman–Crippen LogP) is 6.58. The van der Waals surface area contributed by atoms with E-state index in [0.29, 0.717) is 23.1 Å². The molecule has 0 atom stereocenters. The van der Waals surface area contributed by atoms with Gasteiger partial charge in [0.05, 0.1) is 12.7 Å². The van der Waals surface area contributed by atoms with Crippen molar-refractivity contribution in [3.63, 3.8) is 0 Å². The summed E-state index contributed by atoms with van der Waals surface area (Å²) in [5.74, 6) is 0.273. The number of esters is 2. The molecule has 0 saturated heterocycles. The van der Waals surface area contributed by atoms with Gasteiger partial charge in [-0.05, 0) is 105 Å². The van der Waals surface area contributed by atoms with Gasteiger partial charge >= 0.3 is 11.9 Å². The van der Waals surface area contributed by atoms with Gasteiger partial charge in [0.15, 0.2) is 11.4 Å². The molecule has 0 fully saturated rings. The van der Waals surface area contributed by atoms with E-state index in [4.69, 9.17) is 9.47 Å². The predicted molar refractivity (Wildman–Crippen MR) is 144 cm³/mol. The Hall–Kier alpha value is -2.53. The minimum atomic E-state index is -0.498. The molecule has 3 aromatic carbocycles. The second-order valence-corrected chi connectivity index (χ2v) is 10.0. The number of halogens is 2. The van der Waals surface area contributed by atoms with E-state index in [0.717, 1.165) is 18.3 Å². The number of hydrogen-bond acceptors (Lipinski definition) is 5. The van der Waals surface area contributed by atoms with Crippen molar-refractivity contribution in [1.29, 1.82) is 0 Å². The van der Waals surface area contributed by atoms with Crippen LogP contribution in [-0.2, 0) is 9.53 Å². The molecule has 0 N–H and O–H groups in total. The average molecular weight is 663 g/mol. The molecule has 1 aliphatic heterocycles. The van der Waals surface area contributed by atoms with Crippen LogP contribution in [0.15, 0.2) is 77.4 Å². The van der Waals surface area contributed by atoms with Crippen molar-refractivity contribution in [1.82, 2.24) is 0 Å². The second kappa shape index (κ2) is 10.2. The minimum Gasteiger partial charge on any atom is -0.421 e. The largest absolute Gasteiger partial charge is 0.421 e. The number of carbonyl (C=O) groups is 2. The quantitative estimate of drug-likeness (QED) is 0.134. The topological polar surface area (TPSA) is 65.0 Å². The van der Waals surface area contributed by atoms with Crippen LogP contribution in [0.3, 0.4) is 0 Å². The van der Waals surface area contributed by atoms with E-state index < -0.39 is 11.9 Å². The molecule has 0 saturated carbocycles. The monoisotopic (exact) mass is 663 g/mol. The van der Waals surface area contributed by atoms with Crippen LogP contribution in [0.2, 0.25) is 0 Å². The van der Waals surface area contributed by atoms with Gasteiger partial charge in [0.2, 0.25) is 5.90 Å². The van der Waals surface area contributed by atoms with Crippen LogP contribution in [0.25, 0.3) is 6.08 Å². The van der Waals surface area contributed by atoms with E-state index in [2.05, 4.69) is 64.0 Å². The van der Waals surface area contributed by atoms with Gasteiger partial charge < -0.3 is 9.47 Å². The molecule has 0 aliphatic carbocycles. The molecule has 1 aliphatic rings. The average Bonchev–Trinajstić information content (AvgIpc) is 3.17. The maximum Gasteiger partial charge on any atom is 0.363 e. The van der Waals surface area contributed by atoms with Crippen molar-refractivity contribution in [3.05, 3.63) is 102 Å². The Labute approximate surface area is 219 Å². The van der Waals surface area contributed by atoms with Gasteiger partial charge in [0, 0.05) is 5.56 Å². The summed E-state index contributed by atoms with van der Waals surface area (Å²) in [5.41, 5.74) is 3.42. The summed E-state index contributed by atoms with van der Waals surface area (Å²) in [6, 6.07) is 20.3. The zero-order chi connectivity index (χ0) is 23.5. The van der Waals surface area contributed by atoms with Crippen LogP contribution >= 0.6 is 45.2 Å². The second-order valence-electron chi connectivity index (χ2n) is 7.68. The third kappa shape index (κ3) is 5.52. The number of nitrogens with zero attached hydrogens (tertiary/aromatic N) is 1. The molecule has 1 heterocycles. The van der Waals surface area contributed by atoms with Crippen LogP contribution in [0.4, 0.5) is 0 Å². The number of cyclic esters (lactones) is 1. The van der Waals surface area contributed by atoms with Gasteiger partial charge in [-0.2, -0.15) is 0 Å². The first-order chi connectivity index (χ1) is 15.8. The zero-order valence-corrected chi connectivity index (χ0v) is 22.2. The first-order valence-electron chi connectivity index (χ1n) is 10.2. The van der Waals surface area contributed by atoms with Gasteiger partial charge in [-0.25, -0.2) is 14.6 Å². The number of benzene rings is 3. The zero-order valence-electron chi connectivity index (χ0n) is 17.8. The van der Waals surface area contributed by atoms with Crippen molar-refractivity contribution < 1.29 is 19.1 Å². The van der Waals surface area contributed by atoms with E-state index in [1.165, 1.54) is 5.56 Å². The number of aliphatic imine (C=N–C) groups is 1. The van der Waals surface area contributed by atoms with Crippen molar-refractivity contribution in [2.75, 3.05) is 0 Å². The number of carbonyl (C=O) groups excluding carboxylic acids is 2. The molecule has 166 valence electrons. The molecular weight excluding hydrogens is 644 g/mol. The molecule has 0 amide bonds. The third-order valence-electron chi connectivity index (χ3n) is 4.97. The highest BCUT2D eigenvalue weighted by atomic mass is 127. The molecule has 4 rings (SSSR count). The Morgan fingerprint density at radius 2 is 1.64 bits per heavy atom. The standard InChI is InChI=1S/C26H19I2NO4/c1-15(2)17-8-10-18(11-9-17)24-29-22(26(31)33-24)14-16-12-20(27)23(21(28)13-16)32-25(30)19-6-4-3-5-7-19/h3-15H,1-2H3/b22-14-. The summed E-state index contributed by atoms with van der Waals surface area (Å²) >= 11 is 4.23. The smallest absolute Gasteiger partial charge is 0.363 e. The van der Waals surface area contributed by atoms with Gasteiger partial charge in [0.25, 0.3) is 0 Å². The fraction of sp³-hybridized carbons (Fsp3) is 0.115. The Morgan fingerprint density at radius 1 is 1.00 bits per heavy atom. The third-order valence-corrected chi connectivity index (χ3v) is 6.58. The fourth-order valence-electron chi connectivity index (χ4n) is 3.19. The van der Waals surface area contributed by atoms with Gasteiger partial charge in [0.1, 0.15) is 0 Å². The van der Waals surface area contributed by atoms with Crippen molar-refractivity contribution in [2.24, 2.45) is 4.99 Å². The lowest BCUT2D eigenvalue weighted by Crippen LogP contribution is -2.10. The van der Waals surface area contributed by atoms with E-state index in [1.54, 1.807) is 30.3 Å². The van der Waals surface area contributed by atoms with Gasteiger partial charge in [-0.1, -0.05) is 44.2 Å². The lowest BCUT2D eigenvalue weighted by Gasteiger charge is -2.10. The molecule has 0 spiro atoms. The van der Waals surface area contributed by atoms with E-state index >= 15 is 0 Å². The fourth-order valence-corrected chi connectivity index (χ4v) is 5.22. The van der Waals surface area contributed by atoms with Crippen molar-refractivity contribution >= 4 is 69.1 Å². The maximum absolute atomic E-state index is 12.4. The summed E-state index contributed by atoms with van der Waals surface area (Å²) in [6.07, 6.45) is 1.67. The summed E-state index contributed by atoms with van der Waals surface area (Å²) in [4.78, 5) is 29.2. The normalized spacial score (nSPS) is 14.4. The summed E-state index contributed by atoms with van der Waals surface area (Å²) in [7, 11) is 0. The lowest BCUT2D eigenvalue weighted by atomic mass is 10.0. The Bertz CT molecular complexity index is 1260. The van der Waals surface area contributed by atoms with Crippen LogP contribution in [0.5, 0.6) is 5.75 Å². The van der Waals surface area contributed by atoms with Crippen molar-refractivity contribution in [3.8, 4) is 5.75 Å². The van der Waals surface area contributed by atoms with E-state index in [9.17, 15) is 9.59 Å². The molecule has 7 heteroatoms. The number of rotatable bonds is 5. The van der Waals surface area contributed by atoms with Crippen LogP contribution in [0, 0.1) is 7.14 Å². The molecule has 0 radical (unpaired) electrons. The SMILES string of the molecule is CC(C)c1ccc(C2=N/C(=C\c3cc(I)c(OC(=O)c4ccccc4)c(I)c3)C(=O)O2)cc1. The molecule has 0 aromatic heterocycles. The van der Waals surface area contributed by atoms with Crippen LogP contribution in [0.1, 0.15) is 46.8 Å². The highest BCUT2D eigenvalue weighted by Crippen LogP contribution is 2.31. The lowest BCUT2D eigenvalue weighted by molar-refractivity contribution is -0.129. The molecule has 33 heavy (non-hydrogen) atoms. The number of hydrogen-bond donors (Lipinski definition) is 0. The molecule has 3 aromatic rings. The van der Waals surface area contributed by atoms with Crippen molar-refractivity contribution in [2.45, 2.75) is 19.8 Å². The number of ether oxygens (including phenoxy) is 2. The highest BCUT2D eigenvalue weighted by Gasteiger charge is 2.24. The van der Waals surface area contributed by atoms with Crippen LogP contribution < -0.4 is 4.74 Å². The first kappa shape index (κ1) is 23.6. The molecule has 5 nitrogen and oxygen atoms in total. The minimum absolute atomic E-state index is 0.221. The molecular formula is C26H19I2NO4. The summed E-state index contributed by atoms with van der Waals surface area (Å²) in [5, 5.41) is 0. The van der Waals surface area contributed by atoms with E-state index in [1.807, 2.05) is 42.5 Å². The maximum atomic E-state index is 12.4. The Balaban J connectivity index is 1.57.